The van der Waals surface area contributed by atoms with Gasteiger partial charge in [-0.15, -0.1) is 0 Å². The zero-order valence-corrected chi connectivity index (χ0v) is 15.5. The number of carbonyl (C=O) groups excluding carboxylic acids is 1. The molecule has 1 saturated heterocycles. The van der Waals surface area contributed by atoms with Crippen molar-refractivity contribution in [3.05, 3.63) is 60.2 Å². The van der Waals surface area contributed by atoms with Gasteiger partial charge in [-0.2, -0.15) is 0 Å². The first-order valence-electron chi connectivity index (χ1n) is 9.18. The molecule has 0 atom stereocenters. The van der Waals surface area contributed by atoms with Crippen molar-refractivity contribution in [2.75, 3.05) is 25.0 Å². The molecule has 0 aliphatic carbocycles. The minimum Gasteiger partial charge on any atom is -0.301 e. The molecule has 0 bridgehead atoms. The molecule has 4 nitrogen and oxygen atoms in total. The van der Waals surface area contributed by atoms with Gasteiger partial charge in [0.15, 0.2) is 5.13 Å². The Bertz CT molecular complexity index is 836. The molecule has 0 spiro atoms. The van der Waals surface area contributed by atoms with Gasteiger partial charge in [-0.3, -0.25) is 9.69 Å². The minimum atomic E-state index is 0.0329. The number of hydrogen-bond donors (Lipinski definition) is 1. The number of thiazole rings is 1. The number of para-hydroxylation sites is 1. The summed E-state index contributed by atoms with van der Waals surface area (Å²) in [6.45, 7) is 2.43. The number of hydrogen-bond acceptors (Lipinski definition) is 4. The van der Waals surface area contributed by atoms with Gasteiger partial charge < -0.3 is 5.32 Å². The number of likely N-dealkylation sites (tertiary alicyclic amines) is 1. The van der Waals surface area contributed by atoms with Gasteiger partial charge in [0.1, 0.15) is 0 Å². The van der Waals surface area contributed by atoms with E-state index in [9.17, 15) is 4.79 Å². The fourth-order valence-electron chi connectivity index (χ4n) is 3.58. The summed E-state index contributed by atoms with van der Waals surface area (Å²) in [4.78, 5) is 19.1. The van der Waals surface area contributed by atoms with Gasteiger partial charge in [-0.05, 0) is 56.0 Å². The summed E-state index contributed by atoms with van der Waals surface area (Å²) in [5.74, 6) is 0.756. The fourth-order valence-corrected chi connectivity index (χ4v) is 4.47. The lowest BCUT2D eigenvalue weighted by molar-refractivity contribution is -0.117. The Balaban J connectivity index is 1.25. The highest BCUT2D eigenvalue weighted by atomic mass is 32.1. The van der Waals surface area contributed by atoms with Gasteiger partial charge in [-0.25, -0.2) is 4.98 Å². The maximum atomic E-state index is 12.3. The fraction of sp³-hybridized carbons (Fsp3) is 0.333. The highest BCUT2D eigenvalue weighted by molar-refractivity contribution is 7.22. The summed E-state index contributed by atoms with van der Waals surface area (Å²) in [7, 11) is 0. The molecule has 1 fully saturated rings. The molecule has 2 heterocycles. The average Bonchev–Trinajstić information content (AvgIpc) is 3.06. The number of amides is 1. The second kappa shape index (κ2) is 7.98. The molecule has 134 valence electrons. The SMILES string of the molecule is O=C(CN1CCC(Cc2ccccc2)CC1)Nc1nc2ccccc2s1. The third kappa shape index (κ3) is 4.29. The second-order valence-electron chi connectivity index (χ2n) is 6.94. The van der Waals surface area contributed by atoms with E-state index >= 15 is 0 Å². The van der Waals surface area contributed by atoms with Crippen LogP contribution in [0.5, 0.6) is 0 Å². The molecule has 26 heavy (non-hydrogen) atoms. The molecule has 1 amide bonds. The predicted octanol–water partition coefficient (Wildman–Crippen LogP) is 4.19. The van der Waals surface area contributed by atoms with E-state index in [1.165, 1.54) is 16.9 Å². The summed E-state index contributed by atoms with van der Waals surface area (Å²) in [6.07, 6.45) is 3.46. The summed E-state index contributed by atoms with van der Waals surface area (Å²) in [6, 6.07) is 18.7. The van der Waals surface area contributed by atoms with E-state index in [0.717, 1.165) is 48.5 Å². The van der Waals surface area contributed by atoms with Crippen molar-refractivity contribution in [3.8, 4) is 0 Å². The van der Waals surface area contributed by atoms with Crippen molar-refractivity contribution in [2.24, 2.45) is 5.92 Å². The molecule has 0 unspecified atom stereocenters. The van der Waals surface area contributed by atoms with E-state index in [0.29, 0.717) is 11.7 Å². The largest absolute Gasteiger partial charge is 0.301 e. The van der Waals surface area contributed by atoms with Gasteiger partial charge in [0.05, 0.1) is 16.8 Å². The number of anilines is 1. The zero-order chi connectivity index (χ0) is 17.8. The summed E-state index contributed by atoms with van der Waals surface area (Å²) in [5, 5.41) is 3.65. The first-order chi connectivity index (χ1) is 12.8. The first-order valence-corrected chi connectivity index (χ1v) is 9.99. The molecule has 4 rings (SSSR count). The Morgan fingerprint density at radius 1 is 1.08 bits per heavy atom. The van der Waals surface area contributed by atoms with Gasteiger partial charge >= 0.3 is 0 Å². The minimum absolute atomic E-state index is 0.0329. The lowest BCUT2D eigenvalue weighted by atomic mass is 9.90. The second-order valence-corrected chi connectivity index (χ2v) is 7.97. The van der Waals surface area contributed by atoms with Crippen LogP contribution in [0.2, 0.25) is 0 Å². The van der Waals surface area contributed by atoms with Gasteiger partial charge in [0.2, 0.25) is 5.91 Å². The smallest absolute Gasteiger partial charge is 0.240 e. The monoisotopic (exact) mass is 365 g/mol. The number of aromatic nitrogens is 1. The van der Waals surface area contributed by atoms with Gasteiger partial charge in [-0.1, -0.05) is 53.8 Å². The van der Waals surface area contributed by atoms with E-state index in [-0.39, 0.29) is 5.91 Å². The molecule has 1 aromatic heterocycles. The van der Waals surface area contributed by atoms with Crippen molar-refractivity contribution >= 4 is 32.6 Å². The van der Waals surface area contributed by atoms with E-state index in [1.807, 2.05) is 24.3 Å². The Morgan fingerprint density at radius 3 is 2.58 bits per heavy atom. The van der Waals surface area contributed by atoms with Gasteiger partial charge in [0.25, 0.3) is 0 Å². The predicted molar refractivity (Wildman–Crippen MR) is 108 cm³/mol. The third-order valence-corrected chi connectivity index (χ3v) is 5.93. The maximum Gasteiger partial charge on any atom is 0.240 e. The maximum absolute atomic E-state index is 12.3. The third-order valence-electron chi connectivity index (χ3n) is 4.98. The van der Waals surface area contributed by atoms with Crippen molar-refractivity contribution < 1.29 is 4.79 Å². The molecule has 5 heteroatoms. The lowest BCUT2D eigenvalue weighted by Crippen LogP contribution is -2.39. The van der Waals surface area contributed by atoms with Crippen molar-refractivity contribution in [2.45, 2.75) is 19.3 Å². The number of nitrogens with zero attached hydrogens (tertiary/aromatic N) is 2. The molecule has 3 aromatic rings. The molecular weight excluding hydrogens is 342 g/mol. The quantitative estimate of drug-likeness (QED) is 0.737. The summed E-state index contributed by atoms with van der Waals surface area (Å²) < 4.78 is 1.10. The van der Waals surface area contributed by atoms with Crippen LogP contribution < -0.4 is 5.32 Å². The average molecular weight is 366 g/mol. The number of piperidine rings is 1. The van der Waals surface area contributed by atoms with Crippen molar-refractivity contribution in [1.82, 2.24) is 9.88 Å². The van der Waals surface area contributed by atoms with Crippen LogP contribution in [0.25, 0.3) is 10.2 Å². The lowest BCUT2D eigenvalue weighted by Gasteiger charge is -2.31. The van der Waals surface area contributed by atoms with E-state index in [1.54, 1.807) is 0 Å². The van der Waals surface area contributed by atoms with Crippen LogP contribution in [0.4, 0.5) is 5.13 Å². The number of rotatable bonds is 5. The van der Waals surface area contributed by atoms with Crippen LogP contribution in [0.1, 0.15) is 18.4 Å². The normalized spacial score (nSPS) is 16.0. The number of fused-ring (bicyclic) bond motifs is 1. The van der Waals surface area contributed by atoms with Crippen LogP contribution in [0, 0.1) is 5.92 Å². The number of nitrogens with one attached hydrogen (secondary N) is 1. The molecule has 1 aliphatic heterocycles. The van der Waals surface area contributed by atoms with Gasteiger partial charge in [0, 0.05) is 0 Å². The van der Waals surface area contributed by atoms with E-state index in [2.05, 4.69) is 45.5 Å². The Kier molecular flexibility index (Phi) is 5.27. The molecular formula is C21H23N3OS. The molecule has 0 radical (unpaired) electrons. The van der Waals surface area contributed by atoms with E-state index in [4.69, 9.17) is 0 Å². The van der Waals surface area contributed by atoms with E-state index < -0.39 is 0 Å². The molecule has 1 aliphatic rings. The van der Waals surface area contributed by atoms with Crippen molar-refractivity contribution in [3.63, 3.8) is 0 Å². The molecule has 1 N–H and O–H groups in total. The van der Waals surface area contributed by atoms with Crippen LogP contribution in [-0.2, 0) is 11.2 Å². The van der Waals surface area contributed by atoms with Crippen LogP contribution in [-0.4, -0.2) is 35.4 Å². The Labute approximate surface area is 157 Å². The highest BCUT2D eigenvalue weighted by Crippen LogP contribution is 2.25. The highest BCUT2D eigenvalue weighted by Gasteiger charge is 2.21. The summed E-state index contributed by atoms with van der Waals surface area (Å²) in [5.41, 5.74) is 2.36. The Hall–Kier alpha value is -2.24. The van der Waals surface area contributed by atoms with Crippen LogP contribution >= 0.6 is 11.3 Å². The zero-order valence-electron chi connectivity index (χ0n) is 14.7. The molecule has 2 aromatic carbocycles. The topological polar surface area (TPSA) is 45.2 Å². The number of benzene rings is 2. The number of carbonyl (C=O) groups is 1. The summed E-state index contributed by atoms with van der Waals surface area (Å²) >= 11 is 1.53. The van der Waals surface area contributed by atoms with Crippen LogP contribution in [0.15, 0.2) is 54.6 Å². The first kappa shape index (κ1) is 17.2. The van der Waals surface area contributed by atoms with Crippen LogP contribution in [0.3, 0.4) is 0 Å². The Morgan fingerprint density at radius 2 is 1.81 bits per heavy atom. The standard InChI is InChI=1S/C21H23N3OS/c25-20(23-21-22-18-8-4-5-9-19(18)26-21)15-24-12-10-17(11-13-24)14-16-6-2-1-3-7-16/h1-9,17H,10-15H2,(H,22,23,25). The van der Waals surface area contributed by atoms with Crippen molar-refractivity contribution in [1.29, 1.82) is 0 Å². The molecule has 0 saturated carbocycles.